The van der Waals surface area contributed by atoms with E-state index in [1.807, 2.05) is 0 Å². The van der Waals surface area contributed by atoms with Crippen molar-refractivity contribution in [2.24, 2.45) is 7.05 Å². The van der Waals surface area contributed by atoms with Gasteiger partial charge in [0.05, 0.1) is 11.5 Å². The molecule has 1 aromatic heterocycles. The number of nitrogens with zero attached hydrogens (tertiary/aromatic N) is 3. The zero-order valence-electron chi connectivity index (χ0n) is 11.9. The zero-order valence-corrected chi connectivity index (χ0v) is 12.8. The van der Waals surface area contributed by atoms with Gasteiger partial charge in [0.1, 0.15) is 12.2 Å². The molecular formula is C13H18N4O3S. The minimum Gasteiger partial charge on any atom is -0.392 e. The van der Waals surface area contributed by atoms with Crippen LogP contribution < -0.4 is 4.72 Å². The first-order chi connectivity index (χ1) is 9.95. The zero-order chi connectivity index (χ0) is 15.5. The Morgan fingerprint density at radius 1 is 1.38 bits per heavy atom. The average molecular weight is 310 g/mol. The van der Waals surface area contributed by atoms with Gasteiger partial charge in [-0.25, -0.2) is 13.1 Å². The molecule has 0 radical (unpaired) electrons. The number of hydrogen-bond acceptors (Lipinski definition) is 5. The van der Waals surface area contributed by atoms with Crippen LogP contribution in [0.25, 0.3) is 0 Å². The lowest BCUT2D eigenvalue weighted by Crippen LogP contribution is -2.27. The van der Waals surface area contributed by atoms with Crippen LogP contribution in [0, 0.1) is 6.92 Å². The van der Waals surface area contributed by atoms with Gasteiger partial charge < -0.3 is 9.67 Å². The molecule has 21 heavy (non-hydrogen) atoms. The van der Waals surface area contributed by atoms with E-state index in [-0.39, 0.29) is 18.0 Å². The summed E-state index contributed by atoms with van der Waals surface area (Å²) in [5.41, 5.74) is 1.16. The van der Waals surface area contributed by atoms with E-state index in [0.717, 1.165) is 0 Å². The smallest absolute Gasteiger partial charge is 0.240 e. The molecule has 2 aromatic rings. The molecule has 0 fully saturated rings. The molecule has 2 N–H and O–H groups in total. The van der Waals surface area contributed by atoms with Gasteiger partial charge >= 0.3 is 0 Å². The van der Waals surface area contributed by atoms with E-state index < -0.39 is 10.0 Å². The first-order valence-corrected chi connectivity index (χ1v) is 7.96. The summed E-state index contributed by atoms with van der Waals surface area (Å²) in [5.74, 6) is 0.707. The summed E-state index contributed by atoms with van der Waals surface area (Å²) in [6.45, 7) is 1.73. The highest BCUT2D eigenvalue weighted by molar-refractivity contribution is 7.89. The fourth-order valence-electron chi connectivity index (χ4n) is 2.03. The fraction of sp³-hybridized carbons (Fsp3) is 0.385. The summed E-state index contributed by atoms with van der Waals surface area (Å²) < 4.78 is 28.9. The number of hydrogen-bond donors (Lipinski definition) is 2. The van der Waals surface area contributed by atoms with Crippen molar-refractivity contribution in [3.8, 4) is 0 Å². The molecule has 0 atom stereocenters. The van der Waals surface area contributed by atoms with Crippen LogP contribution in [-0.2, 0) is 30.1 Å². The van der Waals surface area contributed by atoms with Crippen LogP contribution in [0.5, 0.6) is 0 Å². The largest absolute Gasteiger partial charge is 0.392 e. The molecular weight excluding hydrogens is 292 g/mol. The molecule has 0 spiro atoms. The Morgan fingerprint density at radius 2 is 2.14 bits per heavy atom. The van der Waals surface area contributed by atoms with Crippen LogP contribution >= 0.6 is 0 Å². The lowest BCUT2D eigenvalue weighted by Gasteiger charge is -2.11. The van der Waals surface area contributed by atoms with E-state index in [0.29, 0.717) is 23.4 Å². The van der Waals surface area contributed by atoms with Crippen LogP contribution in [0.3, 0.4) is 0 Å². The van der Waals surface area contributed by atoms with Gasteiger partial charge in [-0.15, -0.1) is 10.2 Å². The highest BCUT2D eigenvalue weighted by Gasteiger charge is 2.18. The minimum atomic E-state index is -3.61. The SMILES string of the molecule is Cc1c(CO)cccc1S(=O)(=O)NCCc1nncn1C. The number of rotatable bonds is 6. The predicted molar refractivity (Wildman–Crippen MR) is 77.0 cm³/mol. The molecule has 0 saturated carbocycles. The third-order valence-corrected chi connectivity index (χ3v) is 4.91. The molecule has 1 aromatic carbocycles. The fourth-order valence-corrected chi connectivity index (χ4v) is 3.35. The van der Waals surface area contributed by atoms with Gasteiger partial charge in [0, 0.05) is 20.0 Å². The van der Waals surface area contributed by atoms with Crippen LogP contribution in [0.2, 0.25) is 0 Å². The second-order valence-electron chi connectivity index (χ2n) is 4.70. The van der Waals surface area contributed by atoms with Gasteiger partial charge in [-0.2, -0.15) is 0 Å². The average Bonchev–Trinajstić information content (AvgIpc) is 2.84. The molecule has 0 amide bonds. The Kier molecular flexibility index (Phi) is 4.71. The predicted octanol–water partition coefficient (Wildman–Crippen LogP) is 0.137. The van der Waals surface area contributed by atoms with Gasteiger partial charge in [0.2, 0.25) is 10.0 Å². The van der Waals surface area contributed by atoms with E-state index in [2.05, 4.69) is 14.9 Å². The second-order valence-corrected chi connectivity index (χ2v) is 6.44. The lowest BCUT2D eigenvalue weighted by atomic mass is 10.1. The third kappa shape index (κ3) is 3.46. The highest BCUT2D eigenvalue weighted by Crippen LogP contribution is 2.18. The van der Waals surface area contributed by atoms with Crippen LogP contribution in [0.1, 0.15) is 17.0 Å². The quantitative estimate of drug-likeness (QED) is 0.791. The number of nitrogens with one attached hydrogen (secondary N) is 1. The van der Waals surface area contributed by atoms with Gasteiger partial charge in [0.25, 0.3) is 0 Å². The Bertz CT molecular complexity index is 725. The Labute approximate surface area is 123 Å². The van der Waals surface area contributed by atoms with Crippen molar-refractivity contribution >= 4 is 10.0 Å². The van der Waals surface area contributed by atoms with E-state index in [1.165, 1.54) is 6.07 Å². The summed E-state index contributed by atoms with van der Waals surface area (Å²) in [5, 5.41) is 16.8. The Morgan fingerprint density at radius 3 is 2.76 bits per heavy atom. The minimum absolute atomic E-state index is 0.186. The van der Waals surface area contributed by atoms with Gasteiger partial charge in [-0.1, -0.05) is 12.1 Å². The van der Waals surface area contributed by atoms with Crippen molar-refractivity contribution in [3.05, 3.63) is 41.5 Å². The van der Waals surface area contributed by atoms with Crippen LogP contribution in [-0.4, -0.2) is 34.8 Å². The molecule has 0 aliphatic heterocycles. The van der Waals surface area contributed by atoms with Gasteiger partial charge in [-0.3, -0.25) is 0 Å². The first-order valence-electron chi connectivity index (χ1n) is 6.47. The van der Waals surface area contributed by atoms with Gasteiger partial charge in [-0.05, 0) is 24.1 Å². The Hall–Kier alpha value is -1.77. The molecule has 1 heterocycles. The molecule has 0 aliphatic carbocycles. The van der Waals surface area contributed by atoms with Crippen molar-refractivity contribution < 1.29 is 13.5 Å². The molecule has 8 heteroatoms. The number of sulfonamides is 1. The van der Waals surface area contributed by atoms with Crippen molar-refractivity contribution in [1.29, 1.82) is 0 Å². The maximum Gasteiger partial charge on any atom is 0.240 e. The lowest BCUT2D eigenvalue weighted by molar-refractivity contribution is 0.280. The molecule has 0 unspecified atom stereocenters. The number of aromatic nitrogens is 3. The third-order valence-electron chi connectivity index (χ3n) is 3.30. The van der Waals surface area contributed by atoms with Crippen molar-refractivity contribution in [2.45, 2.75) is 24.8 Å². The molecule has 7 nitrogen and oxygen atoms in total. The van der Waals surface area contributed by atoms with E-state index >= 15 is 0 Å². The summed E-state index contributed by atoms with van der Waals surface area (Å²) in [6.07, 6.45) is 2.02. The summed E-state index contributed by atoms with van der Waals surface area (Å²) in [7, 11) is -1.80. The molecule has 0 saturated heterocycles. The highest BCUT2D eigenvalue weighted by atomic mass is 32.2. The maximum absolute atomic E-state index is 12.3. The molecule has 0 bridgehead atoms. The number of benzene rings is 1. The number of aliphatic hydroxyl groups excluding tert-OH is 1. The topological polar surface area (TPSA) is 97.1 Å². The first kappa shape index (κ1) is 15.6. The maximum atomic E-state index is 12.3. The van der Waals surface area contributed by atoms with Crippen molar-refractivity contribution in [1.82, 2.24) is 19.5 Å². The monoisotopic (exact) mass is 310 g/mol. The van der Waals surface area contributed by atoms with Gasteiger partial charge in [0.15, 0.2) is 0 Å². The number of aryl methyl sites for hydroxylation is 1. The van der Waals surface area contributed by atoms with E-state index in [9.17, 15) is 13.5 Å². The molecule has 0 aliphatic rings. The standard InChI is InChI=1S/C13H18N4O3S/c1-10-11(8-18)4-3-5-12(10)21(19,20)15-7-6-13-16-14-9-17(13)2/h3-5,9,15,18H,6-8H2,1-2H3. The summed E-state index contributed by atoms with van der Waals surface area (Å²) in [6, 6.07) is 4.85. The Balaban J connectivity index is 2.10. The normalized spacial score (nSPS) is 11.8. The van der Waals surface area contributed by atoms with Crippen molar-refractivity contribution in [3.63, 3.8) is 0 Å². The molecule has 114 valence electrons. The van der Waals surface area contributed by atoms with E-state index in [1.54, 1.807) is 37.0 Å². The van der Waals surface area contributed by atoms with E-state index in [4.69, 9.17) is 0 Å². The number of aliphatic hydroxyl groups is 1. The summed E-state index contributed by atoms with van der Waals surface area (Å²) in [4.78, 5) is 0.187. The summed E-state index contributed by atoms with van der Waals surface area (Å²) >= 11 is 0. The van der Waals surface area contributed by atoms with Crippen molar-refractivity contribution in [2.75, 3.05) is 6.54 Å². The van der Waals surface area contributed by atoms with Crippen LogP contribution in [0.4, 0.5) is 0 Å². The molecule has 2 rings (SSSR count). The van der Waals surface area contributed by atoms with Crippen LogP contribution in [0.15, 0.2) is 29.4 Å². The second kappa shape index (κ2) is 6.33.